The highest BCUT2D eigenvalue weighted by molar-refractivity contribution is 6.12. The highest BCUT2D eigenvalue weighted by atomic mass is 15.2. The van der Waals surface area contributed by atoms with E-state index in [1.165, 1.54) is 55.2 Å². The second kappa shape index (κ2) is 15.8. The van der Waals surface area contributed by atoms with Crippen LogP contribution in [-0.2, 0) is 0 Å². The van der Waals surface area contributed by atoms with Crippen molar-refractivity contribution in [3.05, 3.63) is 254 Å². The minimum atomic E-state index is 0.247. The standard InChI is InChI=1S/C64H43N5/c1-4-18-42(19-5-1)56-41-57(43-20-6-2-7-21-43)66-64(65-56)46-36-48(68-58-28-14-10-24-50(58)51-25-11-15-29-59(51)68)40-49(37-46)69-61-31-17-13-27-53(61)55-39-45(33-35-63(55)69)44-32-34-62-54(38-44)52-26-12-16-30-60(52)67(62)47-22-8-3-9-23-47/h1-33,35-41,62H,34H2. The third-order valence-electron chi connectivity index (χ3n) is 14.2. The number of fused-ring (bicyclic) bond motifs is 9. The molecule has 4 heterocycles. The maximum absolute atomic E-state index is 5.37. The van der Waals surface area contributed by atoms with Crippen molar-refractivity contribution in [3.8, 4) is 45.3 Å². The Hall–Kier alpha value is -9.06. The Kier molecular flexibility index (Phi) is 8.96. The first kappa shape index (κ1) is 39.1. The Morgan fingerprint density at radius 1 is 0.377 bits per heavy atom. The van der Waals surface area contributed by atoms with Crippen LogP contribution in [0.5, 0.6) is 0 Å². The summed E-state index contributed by atoms with van der Waals surface area (Å²) >= 11 is 0. The molecule has 3 aromatic heterocycles. The zero-order chi connectivity index (χ0) is 45.4. The van der Waals surface area contributed by atoms with Crippen molar-refractivity contribution >= 4 is 66.1 Å². The monoisotopic (exact) mass is 881 g/mol. The fourth-order valence-corrected chi connectivity index (χ4v) is 11.1. The number of anilines is 2. The van der Waals surface area contributed by atoms with E-state index < -0.39 is 0 Å². The average Bonchev–Trinajstić information content (AvgIpc) is 4.07. The molecule has 1 atom stereocenters. The van der Waals surface area contributed by atoms with Crippen LogP contribution in [0.15, 0.2) is 243 Å². The van der Waals surface area contributed by atoms with E-state index in [1.54, 1.807) is 0 Å². The van der Waals surface area contributed by atoms with Gasteiger partial charge in [0.2, 0.25) is 0 Å². The van der Waals surface area contributed by atoms with E-state index >= 15 is 0 Å². The molecule has 0 radical (unpaired) electrons. The van der Waals surface area contributed by atoms with Gasteiger partial charge >= 0.3 is 0 Å². The van der Waals surface area contributed by atoms with Crippen molar-refractivity contribution in [2.24, 2.45) is 0 Å². The summed E-state index contributed by atoms with van der Waals surface area (Å²) in [5.74, 6) is 0.664. The van der Waals surface area contributed by atoms with Crippen LogP contribution in [0.1, 0.15) is 17.5 Å². The zero-order valence-corrected chi connectivity index (χ0v) is 37.6. The van der Waals surface area contributed by atoms with E-state index in [1.807, 2.05) is 12.1 Å². The number of rotatable bonds is 7. The second-order valence-electron chi connectivity index (χ2n) is 18.1. The number of aromatic nitrogens is 4. The molecule has 0 spiro atoms. The average molecular weight is 882 g/mol. The maximum atomic E-state index is 5.37. The van der Waals surface area contributed by atoms with Gasteiger partial charge in [0.15, 0.2) is 5.82 Å². The van der Waals surface area contributed by atoms with Crippen molar-refractivity contribution in [3.63, 3.8) is 0 Å². The minimum Gasteiger partial charge on any atom is -0.333 e. The number of benzene rings is 9. The topological polar surface area (TPSA) is 38.9 Å². The van der Waals surface area contributed by atoms with Gasteiger partial charge in [0.05, 0.1) is 39.5 Å². The molecule has 0 fully saturated rings. The van der Waals surface area contributed by atoms with Crippen molar-refractivity contribution in [2.75, 3.05) is 4.90 Å². The van der Waals surface area contributed by atoms with E-state index in [-0.39, 0.29) is 6.04 Å². The third kappa shape index (κ3) is 6.39. The first-order valence-corrected chi connectivity index (χ1v) is 23.8. The zero-order valence-electron chi connectivity index (χ0n) is 37.6. The first-order chi connectivity index (χ1) is 34.2. The predicted molar refractivity (Wildman–Crippen MR) is 286 cm³/mol. The van der Waals surface area contributed by atoms with Gasteiger partial charge in [0.1, 0.15) is 0 Å². The van der Waals surface area contributed by atoms with Crippen LogP contribution >= 0.6 is 0 Å². The Morgan fingerprint density at radius 2 is 0.884 bits per heavy atom. The van der Waals surface area contributed by atoms with E-state index in [2.05, 4.69) is 245 Å². The lowest BCUT2D eigenvalue weighted by Crippen LogP contribution is -2.27. The molecule has 0 saturated heterocycles. The molecule has 5 heteroatoms. The van der Waals surface area contributed by atoms with Crippen LogP contribution in [0, 0.1) is 0 Å². The predicted octanol–water partition coefficient (Wildman–Crippen LogP) is 16.1. The smallest absolute Gasteiger partial charge is 0.160 e. The Labute approximate surface area is 399 Å². The van der Waals surface area contributed by atoms with Gasteiger partial charge in [-0.25, -0.2) is 9.97 Å². The minimum absolute atomic E-state index is 0.247. The lowest BCUT2D eigenvalue weighted by molar-refractivity contribution is 0.831. The van der Waals surface area contributed by atoms with E-state index in [0.717, 1.165) is 67.9 Å². The van der Waals surface area contributed by atoms with Gasteiger partial charge in [-0.3, -0.25) is 0 Å². The van der Waals surface area contributed by atoms with E-state index in [0.29, 0.717) is 5.82 Å². The van der Waals surface area contributed by atoms with Crippen LogP contribution in [0.25, 0.3) is 100 Å². The largest absolute Gasteiger partial charge is 0.333 e. The number of para-hydroxylation sites is 5. The first-order valence-electron chi connectivity index (χ1n) is 23.8. The molecule has 5 nitrogen and oxygen atoms in total. The van der Waals surface area contributed by atoms with Crippen LogP contribution in [0.2, 0.25) is 0 Å². The number of nitrogens with zero attached hydrogens (tertiary/aromatic N) is 5. The normalized spacial score (nSPS) is 14.3. The van der Waals surface area contributed by atoms with Gasteiger partial charge in [0, 0.05) is 66.5 Å². The van der Waals surface area contributed by atoms with Crippen LogP contribution < -0.4 is 4.90 Å². The maximum Gasteiger partial charge on any atom is 0.160 e. The molecule has 1 aliphatic heterocycles. The summed E-state index contributed by atoms with van der Waals surface area (Å²) in [7, 11) is 0. The van der Waals surface area contributed by atoms with Gasteiger partial charge in [-0.2, -0.15) is 0 Å². The van der Waals surface area contributed by atoms with Crippen molar-refractivity contribution in [1.29, 1.82) is 0 Å². The number of allylic oxidation sites excluding steroid dienone is 2. The van der Waals surface area contributed by atoms with Gasteiger partial charge in [0.25, 0.3) is 0 Å². The summed E-state index contributed by atoms with van der Waals surface area (Å²) in [5, 5.41) is 4.84. The molecule has 14 rings (SSSR count). The fraction of sp³-hybridized carbons (Fsp3) is 0.0312. The van der Waals surface area contributed by atoms with Crippen molar-refractivity contribution in [1.82, 2.24) is 19.1 Å². The van der Waals surface area contributed by atoms with Crippen molar-refractivity contribution in [2.45, 2.75) is 12.5 Å². The summed E-state index contributed by atoms with van der Waals surface area (Å²) in [6.45, 7) is 0. The molecule has 1 aliphatic carbocycles. The SMILES string of the molecule is C1=C(c2ccc3c(c2)c2ccccc2n3-c2cc(-c3nc(-c4ccccc4)cc(-c4ccccc4)n3)cc(-n3c4ccccc4c4ccccc43)c2)C=C2c3ccccc3N(c3ccccc3)C2C1. The van der Waals surface area contributed by atoms with Gasteiger partial charge < -0.3 is 14.0 Å². The summed E-state index contributed by atoms with van der Waals surface area (Å²) in [6, 6.07) is 83.1. The fourth-order valence-electron chi connectivity index (χ4n) is 11.1. The molecule has 1 unspecified atom stereocenters. The third-order valence-corrected chi connectivity index (χ3v) is 14.2. The van der Waals surface area contributed by atoms with Gasteiger partial charge in [-0.1, -0.05) is 164 Å². The molecule has 324 valence electrons. The molecule has 69 heavy (non-hydrogen) atoms. The van der Waals surface area contributed by atoms with Crippen LogP contribution in [0.3, 0.4) is 0 Å². The highest BCUT2D eigenvalue weighted by Crippen LogP contribution is 2.49. The van der Waals surface area contributed by atoms with Gasteiger partial charge in [-0.15, -0.1) is 0 Å². The second-order valence-corrected chi connectivity index (χ2v) is 18.1. The molecule has 0 amide bonds. The quantitative estimate of drug-likeness (QED) is 0.160. The molecular formula is C64H43N5. The summed E-state index contributed by atoms with van der Waals surface area (Å²) < 4.78 is 4.84. The Morgan fingerprint density at radius 3 is 1.49 bits per heavy atom. The molecule has 12 aromatic rings. The van der Waals surface area contributed by atoms with Crippen LogP contribution in [0.4, 0.5) is 11.4 Å². The lowest BCUT2D eigenvalue weighted by atomic mass is 9.89. The summed E-state index contributed by atoms with van der Waals surface area (Å²) in [5.41, 5.74) is 19.0. The van der Waals surface area contributed by atoms with E-state index in [9.17, 15) is 0 Å². The lowest BCUT2D eigenvalue weighted by Gasteiger charge is -2.29. The molecular weight excluding hydrogens is 839 g/mol. The number of hydrogen-bond acceptors (Lipinski definition) is 3. The molecule has 0 bridgehead atoms. The van der Waals surface area contributed by atoms with E-state index in [4.69, 9.17) is 9.97 Å². The van der Waals surface area contributed by atoms with Crippen molar-refractivity contribution < 1.29 is 0 Å². The molecule has 2 aliphatic rings. The number of hydrogen-bond donors (Lipinski definition) is 0. The molecule has 9 aromatic carbocycles. The molecule has 0 saturated carbocycles. The van der Waals surface area contributed by atoms with Crippen LogP contribution in [-0.4, -0.2) is 25.1 Å². The van der Waals surface area contributed by atoms with Gasteiger partial charge in [-0.05, 0) is 102 Å². The summed E-state index contributed by atoms with van der Waals surface area (Å²) in [4.78, 5) is 13.3. The summed E-state index contributed by atoms with van der Waals surface area (Å²) in [6.07, 6.45) is 5.79. The highest BCUT2D eigenvalue weighted by Gasteiger charge is 2.36. The Bertz CT molecular complexity index is 3940. The Balaban J connectivity index is 0.973. The molecule has 0 N–H and O–H groups in total.